The lowest BCUT2D eigenvalue weighted by Gasteiger charge is -2.10. The Morgan fingerprint density at radius 2 is 2.20 bits per heavy atom. The molecule has 0 rings (SSSR count). The van der Waals surface area contributed by atoms with Gasteiger partial charge in [0.1, 0.15) is 6.04 Å². The summed E-state index contributed by atoms with van der Waals surface area (Å²) in [5.74, 6) is 1.53. The van der Waals surface area contributed by atoms with E-state index in [0.717, 1.165) is 17.9 Å². The van der Waals surface area contributed by atoms with Gasteiger partial charge in [0.25, 0.3) is 0 Å². The Morgan fingerprint density at radius 3 is 2.73 bits per heavy atom. The summed E-state index contributed by atoms with van der Waals surface area (Å²) in [6, 6.07) is -0.479. The molecule has 1 unspecified atom stereocenters. The zero-order chi connectivity index (χ0) is 11.7. The topological polar surface area (TPSA) is 52.3 Å². The van der Waals surface area contributed by atoms with Gasteiger partial charge in [-0.25, -0.2) is 0 Å². The van der Waals surface area contributed by atoms with E-state index in [-0.39, 0.29) is 5.97 Å². The van der Waals surface area contributed by atoms with Crippen LogP contribution in [0.2, 0.25) is 0 Å². The highest BCUT2D eigenvalue weighted by atomic mass is 32.2. The zero-order valence-corrected chi connectivity index (χ0v) is 10.4. The van der Waals surface area contributed by atoms with Crippen LogP contribution in [0.3, 0.4) is 0 Å². The molecule has 0 saturated heterocycles. The summed E-state index contributed by atoms with van der Waals surface area (Å²) in [4.78, 5) is 11.2. The molecule has 0 aromatic rings. The normalized spacial score (nSPS) is 12.2. The lowest BCUT2D eigenvalue weighted by molar-refractivity contribution is -0.144. The number of hydrogen-bond donors (Lipinski definition) is 1. The van der Waals surface area contributed by atoms with E-state index < -0.39 is 6.04 Å². The van der Waals surface area contributed by atoms with Gasteiger partial charge in [-0.15, -0.1) is 0 Å². The SMILES string of the molecule is C=C(CC)CSCCC(N)C(=O)OCC. The molecule has 0 aromatic carbocycles. The number of carbonyl (C=O) groups excluding carboxylic acids is 1. The van der Waals surface area contributed by atoms with Gasteiger partial charge < -0.3 is 10.5 Å². The summed E-state index contributed by atoms with van der Waals surface area (Å²) in [5, 5.41) is 0. The van der Waals surface area contributed by atoms with Crippen LogP contribution >= 0.6 is 11.8 Å². The molecule has 0 aliphatic rings. The van der Waals surface area contributed by atoms with Crippen LogP contribution in [-0.2, 0) is 9.53 Å². The van der Waals surface area contributed by atoms with Crippen molar-refractivity contribution in [2.75, 3.05) is 18.1 Å². The Labute approximate surface area is 96.4 Å². The van der Waals surface area contributed by atoms with Crippen LogP contribution in [0.5, 0.6) is 0 Å². The van der Waals surface area contributed by atoms with Crippen molar-refractivity contribution in [3.8, 4) is 0 Å². The van der Waals surface area contributed by atoms with Crippen LogP contribution < -0.4 is 5.73 Å². The van der Waals surface area contributed by atoms with Crippen molar-refractivity contribution in [1.82, 2.24) is 0 Å². The molecule has 0 saturated carbocycles. The summed E-state index contributed by atoms with van der Waals surface area (Å²) in [7, 11) is 0. The molecule has 0 bridgehead atoms. The fourth-order valence-electron chi connectivity index (χ4n) is 0.896. The first-order valence-corrected chi connectivity index (χ1v) is 6.43. The van der Waals surface area contributed by atoms with Crippen LogP contribution in [0.1, 0.15) is 26.7 Å². The molecule has 0 aliphatic carbocycles. The fourth-order valence-corrected chi connectivity index (χ4v) is 1.95. The molecule has 3 nitrogen and oxygen atoms in total. The number of esters is 1. The van der Waals surface area contributed by atoms with Crippen LogP contribution in [0.25, 0.3) is 0 Å². The van der Waals surface area contributed by atoms with Gasteiger partial charge in [0.05, 0.1) is 6.61 Å². The number of hydrogen-bond acceptors (Lipinski definition) is 4. The van der Waals surface area contributed by atoms with E-state index in [1.54, 1.807) is 18.7 Å². The van der Waals surface area contributed by atoms with Crippen LogP contribution in [0.4, 0.5) is 0 Å². The smallest absolute Gasteiger partial charge is 0.322 e. The molecule has 0 aliphatic heterocycles. The summed E-state index contributed by atoms with van der Waals surface area (Å²) in [5.41, 5.74) is 6.87. The number of carbonyl (C=O) groups is 1. The highest BCUT2D eigenvalue weighted by molar-refractivity contribution is 7.99. The second-order valence-electron chi connectivity index (χ2n) is 3.30. The summed E-state index contributed by atoms with van der Waals surface area (Å²) in [6.45, 7) is 8.18. The number of ether oxygens (including phenoxy) is 1. The summed E-state index contributed by atoms with van der Waals surface area (Å²) < 4.78 is 4.81. The van der Waals surface area contributed by atoms with E-state index in [1.807, 2.05) is 0 Å². The molecule has 0 amide bonds. The maximum Gasteiger partial charge on any atom is 0.322 e. The Balaban J connectivity index is 3.50. The maximum absolute atomic E-state index is 11.2. The lowest BCUT2D eigenvalue weighted by Crippen LogP contribution is -2.32. The Morgan fingerprint density at radius 1 is 1.53 bits per heavy atom. The fraction of sp³-hybridized carbons (Fsp3) is 0.727. The number of thioether (sulfide) groups is 1. The standard InChI is InChI=1S/C11H21NO2S/c1-4-9(3)8-15-7-6-10(12)11(13)14-5-2/h10H,3-8,12H2,1-2H3. The van der Waals surface area contributed by atoms with Gasteiger partial charge in [-0.3, -0.25) is 4.79 Å². The molecule has 2 N–H and O–H groups in total. The molecule has 1 atom stereocenters. The lowest BCUT2D eigenvalue weighted by atomic mass is 10.2. The minimum Gasteiger partial charge on any atom is -0.465 e. The van der Waals surface area contributed by atoms with Gasteiger partial charge in [-0.05, 0) is 25.5 Å². The molecule has 0 aromatic heterocycles. The maximum atomic E-state index is 11.2. The van der Waals surface area contributed by atoms with Crippen LogP contribution in [0.15, 0.2) is 12.2 Å². The van der Waals surface area contributed by atoms with E-state index in [2.05, 4.69) is 13.5 Å². The highest BCUT2D eigenvalue weighted by Gasteiger charge is 2.13. The van der Waals surface area contributed by atoms with Gasteiger partial charge in [0, 0.05) is 5.75 Å². The third-order valence-electron chi connectivity index (χ3n) is 1.97. The van der Waals surface area contributed by atoms with Crippen LogP contribution in [0, 0.1) is 0 Å². The van der Waals surface area contributed by atoms with Crippen molar-refractivity contribution in [3.05, 3.63) is 12.2 Å². The molecule has 15 heavy (non-hydrogen) atoms. The quantitative estimate of drug-likeness (QED) is 0.394. The highest BCUT2D eigenvalue weighted by Crippen LogP contribution is 2.11. The molecule has 0 fully saturated rings. The summed E-state index contributed by atoms with van der Waals surface area (Å²) in [6.07, 6.45) is 1.68. The molecule has 0 radical (unpaired) electrons. The number of rotatable bonds is 8. The van der Waals surface area contributed by atoms with Crippen molar-refractivity contribution < 1.29 is 9.53 Å². The predicted molar refractivity (Wildman–Crippen MR) is 66.0 cm³/mol. The first-order chi connectivity index (χ1) is 7.11. The Hall–Kier alpha value is -0.480. The van der Waals surface area contributed by atoms with E-state index in [9.17, 15) is 4.79 Å². The average molecular weight is 231 g/mol. The van der Waals surface area contributed by atoms with Gasteiger partial charge in [-0.1, -0.05) is 19.1 Å². The Bertz CT molecular complexity index is 207. The predicted octanol–water partition coefficient (Wildman–Crippen LogP) is 1.97. The van der Waals surface area contributed by atoms with Crippen molar-refractivity contribution in [1.29, 1.82) is 0 Å². The van der Waals surface area contributed by atoms with Gasteiger partial charge in [0.2, 0.25) is 0 Å². The largest absolute Gasteiger partial charge is 0.465 e. The molecular weight excluding hydrogens is 210 g/mol. The summed E-state index contributed by atoms with van der Waals surface area (Å²) >= 11 is 1.76. The first kappa shape index (κ1) is 14.5. The van der Waals surface area contributed by atoms with Gasteiger partial charge in [0.15, 0.2) is 0 Å². The van der Waals surface area contributed by atoms with Crippen molar-refractivity contribution in [3.63, 3.8) is 0 Å². The molecular formula is C11H21NO2S. The molecule has 0 heterocycles. The molecule has 88 valence electrons. The van der Waals surface area contributed by atoms with E-state index in [1.165, 1.54) is 5.57 Å². The van der Waals surface area contributed by atoms with Gasteiger partial charge >= 0.3 is 5.97 Å². The average Bonchev–Trinajstić information content (AvgIpc) is 2.23. The number of nitrogens with two attached hydrogens (primary N) is 1. The Kier molecular flexibility index (Phi) is 8.52. The van der Waals surface area contributed by atoms with Crippen molar-refractivity contribution >= 4 is 17.7 Å². The zero-order valence-electron chi connectivity index (χ0n) is 9.62. The van der Waals surface area contributed by atoms with E-state index >= 15 is 0 Å². The molecule has 4 heteroatoms. The van der Waals surface area contributed by atoms with Crippen LogP contribution in [-0.4, -0.2) is 30.1 Å². The second kappa shape index (κ2) is 8.80. The van der Waals surface area contributed by atoms with E-state index in [0.29, 0.717) is 13.0 Å². The first-order valence-electron chi connectivity index (χ1n) is 5.28. The van der Waals surface area contributed by atoms with Gasteiger partial charge in [-0.2, -0.15) is 11.8 Å². The second-order valence-corrected chi connectivity index (χ2v) is 4.41. The monoisotopic (exact) mass is 231 g/mol. The third-order valence-corrected chi connectivity index (χ3v) is 3.11. The minimum atomic E-state index is -0.479. The minimum absolute atomic E-state index is 0.299. The van der Waals surface area contributed by atoms with Crippen molar-refractivity contribution in [2.24, 2.45) is 5.73 Å². The van der Waals surface area contributed by atoms with Crippen molar-refractivity contribution in [2.45, 2.75) is 32.7 Å². The third kappa shape index (κ3) is 7.45. The van der Waals surface area contributed by atoms with E-state index in [4.69, 9.17) is 10.5 Å². The molecule has 0 spiro atoms.